The van der Waals surface area contributed by atoms with Crippen LogP contribution in [0.25, 0.3) is 0 Å². The summed E-state index contributed by atoms with van der Waals surface area (Å²) in [7, 11) is -3.47. The molecule has 45 heavy (non-hydrogen) atoms. The van der Waals surface area contributed by atoms with Crippen molar-refractivity contribution in [2.75, 3.05) is 24.2 Å². The number of anilines is 1. The van der Waals surface area contributed by atoms with Crippen molar-refractivity contribution in [3.8, 4) is 0 Å². The second-order valence-corrected chi connectivity index (χ2v) is 13.5. The quantitative estimate of drug-likeness (QED) is 0.306. The fraction of sp³-hybridized carbons (Fsp3) is 0.414. The largest absolute Gasteiger partial charge is 0.451 e. The summed E-state index contributed by atoms with van der Waals surface area (Å²) in [4.78, 5) is 20.2. The van der Waals surface area contributed by atoms with E-state index in [4.69, 9.17) is 17.3 Å². The van der Waals surface area contributed by atoms with Gasteiger partial charge in [-0.2, -0.15) is 17.5 Å². The van der Waals surface area contributed by atoms with Crippen LogP contribution in [-0.2, 0) is 27.4 Å². The number of alkyl halides is 3. The van der Waals surface area contributed by atoms with Gasteiger partial charge < -0.3 is 16.4 Å². The first-order valence-corrected chi connectivity index (χ1v) is 16.1. The summed E-state index contributed by atoms with van der Waals surface area (Å²) in [5.74, 6) is -4.91. The minimum Gasteiger partial charge on any atom is -0.324 e. The molecule has 2 saturated heterocycles. The van der Waals surface area contributed by atoms with Gasteiger partial charge in [-0.25, -0.2) is 27.2 Å². The molecule has 1 amide bonds. The minimum atomic E-state index is -4.82. The number of sulfonamides is 1. The first-order chi connectivity index (χ1) is 21.2. The fourth-order valence-corrected chi connectivity index (χ4v) is 7.74. The van der Waals surface area contributed by atoms with Gasteiger partial charge in [0.15, 0.2) is 0 Å². The van der Waals surface area contributed by atoms with Gasteiger partial charge in [0.1, 0.15) is 11.6 Å². The van der Waals surface area contributed by atoms with Crippen molar-refractivity contribution in [2.45, 2.75) is 55.9 Å². The third-order valence-electron chi connectivity index (χ3n) is 8.12. The minimum absolute atomic E-state index is 0.00593. The van der Waals surface area contributed by atoms with Gasteiger partial charge in [-0.1, -0.05) is 23.7 Å². The van der Waals surface area contributed by atoms with E-state index in [1.807, 2.05) is 0 Å². The smallest absolute Gasteiger partial charge is 0.324 e. The SMILES string of the molecule is N[C@H](C(=O)Nc1cccc(F)c1CCC1CN[C@@H]2CCCS(=O)(=O)N1C2)[C@H](c1cnc(C(F)(F)F)nc1)c1ccc(Cl)c(F)c1. The molecular formula is C29H30ClF5N6O3S. The van der Waals surface area contributed by atoms with Crippen molar-refractivity contribution in [1.82, 2.24) is 19.6 Å². The molecule has 0 spiro atoms. The number of piperazine rings is 1. The second kappa shape index (κ2) is 13.2. The van der Waals surface area contributed by atoms with Gasteiger partial charge in [0.25, 0.3) is 0 Å². The van der Waals surface area contributed by atoms with Crippen LogP contribution < -0.4 is 16.4 Å². The molecule has 9 nitrogen and oxygen atoms in total. The third-order valence-corrected chi connectivity index (χ3v) is 10.4. The van der Waals surface area contributed by atoms with E-state index in [0.717, 1.165) is 24.9 Å². The predicted octanol–water partition coefficient (Wildman–Crippen LogP) is 4.22. The van der Waals surface area contributed by atoms with E-state index in [2.05, 4.69) is 20.6 Å². The van der Waals surface area contributed by atoms with E-state index in [9.17, 15) is 30.8 Å². The van der Waals surface area contributed by atoms with Crippen molar-refractivity contribution in [2.24, 2.45) is 5.73 Å². The maximum atomic E-state index is 15.1. The molecule has 1 aromatic heterocycles. The molecule has 0 saturated carbocycles. The highest BCUT2D eigenvalue weighted by Gasteiger charge is 2.38. The molecule has 5 atom stereocenters. The van der Waals surface area contributed by atoms with Crippen LogP contribution in [0.1, 0.15) is 47.7 Å². The van der Waals surface area contributed by atoms with Crippen LogP contribution in [0.15, 0.2) is 48.8 Å². The van der Waals surface area contributed by atoms with Gasteiger partial charge in [-0.05, 0) is 61.1 Å². The number of amides is 1. The summed E-state index contributed by atoms with van der Waals surface area (Å²) in [6.45, 7) is 0.739. The molecule has 2 bridgehead atoms. The highest BCUT2D eigenvalue weighted by atomic mass is 35.5. The summed E-state index contributed by atoms with van der Waals surface area (Å²) in [6, 6.07) is 5.75. The van der Waals surface area contributed by atoms with Crippen molar-refractivity contribution in [1.29, 1.82) is 0 Å². The average Bonchev–Trinajstić information content (AvgIpc) is 3.10. The number of nitrogens with zero attached hydrogens (tertiary/aromatic N) is 3. The van der Waals surface area contributed by atoms with Gasteiger partial charge in [-0.15, -0.1) is 0 Å². The Morgan fingerprint density at radius 2 is 1.87 bits per heavy atom. The number of fused-ring (bicyclic) bond motifs is 2. The maximum Gasteiger partial charge on any atom is 0.451 e. The first kappa shape index (κ1) is 33.1. The Morgan fingerprint density at radius 3 is 2.56 bits per heavy atom. The fourth-order valence-electron chi connectivity index (χ4n) is 5.81. The molecule has 4 N–H and O–H groups in total. The molecule has 2 aromatic carbocycles. The van der Waals surface area contributed by atoms with Gasteiger partial charge in [0.2, 0.25) is 21.8 Å². The molecule has 2 unspecified atom stereocenters. The molecule has 2 aliphatic heterocycles. The van der Waals surface area contributed by atoms with Crippen LogP contribution in [-0.4, -0.2) is 65.6 Å². The Kier molecular flexibility index (Phi) is 9.75. The molecule has 0 radical (unpaired) electrons. The summed E-state index contributed by atoms with van der Waals surface area (Å²) in [6.07, 6.45) is -1.46. The molecule has 242 valence electrons. The lowest BCUT2D eigenvalue weighted by Crippen LogP contribution is -2.57. The highest BCUT2D eigenvalue weighted by Crippen LogP contribution is 2.33. The monoisotopic (exact) mass is 672 g/mol. The number of halogens is 6. The third kappa shape index (κ3) is 7.43. The van der Waals surface area contributed by atoms with Gasteiger partial charge >= 0.3 is 6.18 Å². The van der Waals surface area contributed by atoms with Crippen molar-refractivity contribution < 1.29 is 35.2 Å². The Bertz CT molecular complexity index is 1660. The summed E-state index contributed by atoms with van der Waals surface area (Å²) in [5.41, 5.74) is 6.66. The van der Waals surface area contributed by atoms with Gasteiger partial charge in [0.05, 0.1) is 16.8 Å². The number of hydrogen-bond acceptors (Lipinski definition) is 7. The lowest BCUT2D eigenvalue weighted by Gasteiger charge is -2.37. The van der Waals surface area contributed by atoms with E-state index in [-0.39, 0.29) is 52.0 Å². The summed E-state index contributed by atoms with van der Waals surface area (Å²) >= 11 is 5.81. The second-order valence-electron chi connectivity index (χ2n) is 11.1. The molecule has 2 fully saturated rings. The predicted molar refractivity (Wildman–Crippen MR) is 157 cm³/mol. The number of hydrogen-bond donors (Lipinski definition) is 3. The Labute approximate surface area is 261 Å². The van der Waals surface area contributed by atoms with Crippen LogP contribution in [0.2, 0.25) is 5.02 Å². The molecule has 16 heteroatoms. The van der Waals surface area contributed by atoms with Crippen LogP contribution in [0.4, 0.5) is 27.6 Å². The summed E-state index contributed by atoms with van der Waals surface area (Å²) < 4.78 is 96.0. The number of carbonyl (C=O) groups excluding carboxylic acids is 1. The molecular weight excluding hydrogens is 643 g/mol. The van der Waals surface area contributed by atoms with Crippen LogP contribution >= 0.6 is 11.6 Å². The average molecular weight is 673 g/mol. The molecule has 3 heterocycles. The molecule has 3 aromatic rings. The normalized spacial score (nSPS) is 22.7. The topological polar surface area (TPSA) is 130 Å². The summed E-state index contributed by atoms with van der Waals surface area (Å²) in [5, 5.41) is 5.74. The lowest BCUT2D eigenvalue weighted by atomic mass is 9.86. The Morgan fingerprint density at radius 1 is 1.13 bits per heavy atom. The van der Waals surface area contributed by atoms with Crippen LogP contribution in [0.3, 0.4) is 0 Å². The number of nitrogens with one attached hydrogen (secondary N) is 2. The van der Waals surface area contributed by atoms with E-state index in [0.29, 0.717) is 19.5 Å². The zero-order valence-electron chi connectivity index (χ0n) is 23.7. The number of aromatic nitrogens is 2. The number of rotatable bonds is 8. The zero-order chi connectivity index (χ0) is 32.5. The standard InChI is InChI=1S/C29H30ClF5N6O3S/c30-21-9-6-16(11-23(21)32)25(17-12-38-28(39-13-17)29(33,34)35)26(36)27(42)40-24-5-1-4-22(31)20(24)8-7-19-14-37-18-3-2-10-45(43,44)41(19)15-18/h1,4-6,9,11-13,18-19,25-26,37H,2-3,7-8,10,14-15,36H2,(H,40,42)/t18-,19?,25+,26+/m1/s1. The maximum absolute atomic E-state index is 15.1. The van der Waals surface area contributed by atoms with E-state index >= 15 is 4.39 Å². The van der Waals surface area contributed by atoms with Gasteiger partial charge in [-0.3, -0.25) is 4.79 Å². The Balaban J connectivity index is 1.39. The van der Waals surface area contributed by atoms with E-state index in [1.54, 1.807) is 0 Å². The first-order valence-electron chi connectivity index (χ1n) is 14.2. The number of nitrogens with two attached hydrogens (primary N) is 1. The number of carbonyl (C=O) groups is 1. The Hall–Kier alpha value is -3.24. The van der Waals surface area contributed by atoms with Crippen LogP contribution in [0.5, 0.6) is 0 Å². The van der Waals surface area contributed by atoms with Gasteiger partial charge in [0, 0.05) is 54.7 Å². The van der Waals surface area contributed by atoms with Crippen LogP contribution in [0, 0.1) is 11.6 Å². The zero-order valence-corrected chi connectivity index (χ0v) is 25.3. The molecule has 5 rings (SSSR count). The van der Waals surface area contributed by atoms with Crippen molar-refractivity contribution in [3.05, 3.63) is 88.0 Å². The molecule has 0 aliphatic carbocycles. The highest BCUT2D eigenvalue weighted by molar-refractivity contribution is 7.89. The van der Waals surface area contributed by atoms with Crippen molar-refractivity contribution >= 4 is 33.2 Å². The van der Waals surface area contributed by atoms with Crippen molar-refractivity contribution in [3.63, 3.8) is 0 Å². The van der Waals surface area contributed by atoms with E-state index < -0.39 is 57.6 Å². The van der Waals surface area contributed by atoms with E-state index in [1.165, 1.54) is 34.6 Å². The lowest BCUT2D eigenvalue weighted by molar-refractivity contribution is -0.145. The molecule has 2 aliphatic rings. The number of benzene rings is 2.